The highest BCUT2D eigenvalue weighted by Gasteiger charge is 2.44. The normalized spacial score (nSPS) is 25.9. The van der Waals surface area contributed by atoms with Crippen LogP contribution in [-0.2, 0) is 9.47 Å². The molecule has 1 rings (SSSR count). The number of hydrogen-bond acceptors (Lipinski definition) is 4. The summed E-state index contributed by atoms with van der Waals surface area (Å²) in [6, 6.07) is 0. The Morgan fingerprint density at radius 2 is 1.89 bits per heavy atom. The van der Waals surface area contributed by atoms with Gasteiger partial charge in [0, 0.05) is 18.5 Å². The van der Waals surface area contributed by atoms with Gasteiger partial charge in [-0.25, -0.2) is 4.79 Å². The molecule has 0 aromatic rings. The van der Waals surface area contributed by atoms with Crippen molar-refractivity contribution in [1.29, 1.82) is 0 Å². The molecule has 0 aromatic carbocycles. The van der Waals surface area contributed by atoms with Crippen LogP contribution < -0.4 is 0 Å². The molecule has 0 saturated carbocycles. The maximum absolute atomic E-state index is 12.1. The van der Waals surface area contributed by atoms with Gasteiger partial charge in [-0.15, -0.1) is 0 Å². The van der Waals surface area contributed by atoms with Crippen LogP contribution in [0, 0.1) is 5.41 Å². The summed E-state index contributed by atoms with van der Waals surface area (Å²) >= 11 is 0. The zero-order valence-corrected chi connectivity index (χ0v) is 12.9. The average Bonchev–Trinajstić information content (AvgIpc) is 2.37. The molecule has 0 bridgehead atoms. The Morgan fingerprint density at radius 1 is 1.32 bits per heavy atom. The molecule has 1 aliphatic heterocycles. The van der Waals surface area contributed by atoms with E-state index in [1.54, 1.807) is 18.7 Å². The van der Waals surface area contributed by atoms with Gasteiger partial charge in [0.15, 0.2) is 0 Å². The number of carbonyl (C=O) groups is 1. The molecule has 0 radical (unpaired) electrons. The summed E-state index contributed by atoms with van der Waals surface area (Å²) in [5.41, 5.74) is -1.96. The van der Waals surface area contributed by atoms with Crippen LogP contribution in [0.15, 0.2) is 0 Å². The number of rotatable bonds is 1. The molecule has 5 nitrogen and oxygen atoms in total. The van der Waals surface area contributed by atoms with Crippen molar-refractivity contribution in [2.75, 3.05) is 26.3 Å². The third-order valence-electron chi connectivity index (χ3n) is 3.59. The van der Waals surface area contributed by atoms with Gasteiger partial charge >= 0.3 is 6.09 Å². The van der Waals surface area contributed by atoms with E-state index in [2.05, 4.69) is 0 Å². The Balaban J connectivity index is 2.82. The summed E-state index contributed by atoms with van der Waals surface area (Å²) in [4.78, 5) is 13.8. The van der Waals surface area contributed by atoms with Crippen LogP contribution >= 0.6 is 0 Å². The summed E-state index contributed by atoms with van der Waals surface area (Å²) in [5, 5.41) is 10.3. The lowest BCUT2D eigenvalue weighted by Gasteiger charge is -2.41. The number of nitrogens with zero attached hydrogens (tertiary/aromatic N) is 1. The molecule has 1 amide bonds. The smallest absolute Gasteiger partial charge is 0.410 e. The predicted octanol–water partition coefficient (Wildman–Crippen LogP) is 2.03. The Bertz CT molecular complexity index is 329. The van der Waals surface area contributed by atoms with E-state index in [0.29, 0.717) is 26.3 Å². The molecule has 1 atom stereocenters. The lowest BCUT2D eigenvalue weighted by molar-refractivity contribution is -0.0856. The van der Waals surface area contributed by atoms with E-state index in [9.17, 15) is 9.90 Å². The highest BCUT2D eigenvalue weighted by molar-refractivity contribution is 5.68. The van der Waals surface area contributed by atoms with Crippen LogP contribution in [0.4, 0.5) is 4.79 Å². The van der Waals surface area contributed by atoms with Crippen LogP contribution in [0.1, 0.15) is 41.5 Å². The summed E-state index contributed by atoms with van der Waals surface area (Å²) in [6.45, 7) is 12.7. The first-order valence-electron chi connectivity index (χ1n) is 6.73. The fourth-order valence-electron chi connectivity index (χ4n) is 1.87. The van der Waals surface area contributed by atoms with Crippen LogP contribution in [0.2, 0.25) is 0 Å². The van der Waals surface area contributed by atoms with Gasteiger partial charge in [-0.3, -0.25) is 0 Å². The van der Waals surface area contributed by atoms with Crippen molar-refractivity contribution in [2.45, 2.75) is 52.7 Å². The Labute approximate surface area is 115 Å². The molecule has 5 heteroatoms. The largest absolute Gasteiger partial charge is 0.444 e. The third kappa shape index (κ3) is 4.35. The molecular weight excluding hydrogens is 246 g/mol. The molecule has 1 heterocycles. The lowest BCUT2D eigenvalue weighted by Crippen LogP contribution is -2.52. The van der Waals surface area contributed by atoms with Crippen LogP contribution in [-0.4, -0.2) is 53.6 Å². The summed E-state index contributed by atoms with van der Waals surface area (Å²) < 4.78 is 10.9. The number of aliphatic hydroxyl groups is 1. The van der Waals surface area contributed by atoms with E-state index in [1.807, 2.05) is 27.7 Å². The first-order valence-corrected chi connectivity index (χ1v) is 6.73. The second-order valence-corrected chi connectivity index (χ2v) is 7.07. The van der Waals surface area contributed by atoms with Crippen molar-refractivity contribution >= 4 is 6.09 Å². The highest BCUT2D eigenvalue weighted by Crippen LogP contribution is 2.34. The van der Waals surface area contributed by atoms with E-state index in [1.165, 1.54) is 0 Å². The molecule has 112 valence electrons. The maximum atomic E-state index is 12.1. The van der Waals surface area contributed by atoms with Crippen LogP contribution in [0.3, 0.4) is 0 Å². The van der Waals surface area contributed by atoms with Crippen molar-refractivity contribution in [1.82, 2.24) is 4.90 Å². The van der Waals surface area contributed by atoms with Crippen LogP contribution in [0.5, 0.6) is 0 Å². The quantitative estimate of drug-likeness (QED) is 0.794. The number of hydrogen-bond donors (Lipinski definition) is 1. The first-order chi connectivity index (χ1) is 8.45. The van der Waals surface area contributed by atoms with Crippen molar-refractivity contribution in [2.24, 2.45) is 5.41 Å². The minimum Gasteiger partial charge on any atom is -0.444 e. The Morgan fingerprint density at radius 3 is 2.37 bits per heavy atom. The molecule has 19 heavy (non-hydrogen) atoms. The molecule has 1 aliphatic rings. The van der Waals surface area contributed by atoms with E-state index in [0.717, 1.165) is 0 Å². The van der Waals surface area contributed by atoms with Crippen molar-refractivity contribution < 1.29 is 19.4 Å². The fraction of sp³-hybridized carbons (Fsp3) is 0.929. The molecule has 0 spiro atoms. The average molecular weight is 273 g/mol. The second kappa shape index (κ2) is 5.29. The lowest BCUT2D eigenvalue weighted by atomic mass is 9.76. The van der Waals surface area contributed by atoms with E-state index >= 15 is 0 Å². The summed E-state index contributed by atoms with van der Waals surface area (Å²) in [7, 11) is 0. The zero-order valence-electron chi connectivity index (χ0n) is 12.9. The van der Waals surface area contributed by atoms with Crippen molar-refractivity contribution in [3.05, 3.63) is 0 Å². The molecule has 1 unspecified atom stereocenters. The van der Waals surface area contributed by atoms with Gasteiger partial charge in [-0.2, -0.15) is 0 Å². The molecule has 1 N–H and O–H groups in total. The minimum atomic E-state index is -0.933. The van der Waals surface area contributed by atoms with Crippen molar-refractivity contribution in [3.63, 3.8) is 0 Å². The standard InChI is InChI=1S/C14H27NO4/c1-12(2,3)19-11(16)15-7-8-18-10-14(6,9-15)13(4,5)17/h17H,7-10H2,1-6H3. The summed E-state index contributed by atoms with van der Waals surface area (Å²) in [6.07, 6.45) is -0.353. The molecule has 1 saturated heterocycles. The van der Waals surface area contributed by atoms with Gasteiger partial charge < -0.3 is 19.5 Å². The van der Waals surface area contributed by atoms with Crippen molar-refractivity contribution in [3.8, 4) is 0 Å². The van der Waals surface area contributed by atoms with E-state index < -0.39 is 16.6 Å². The number of ether oxygens (including phenoxy) is 2. The molecular formula is C14H27NO4. The van der Waals surface area contributed by atoms with Gasteiger partial charge in [-0.1, -0.05) is 6.92 Å². The monoisotopic (exact) mass is 273 g/mol. The summed E-state index contributed by atoms with van der Waals surface area (Å²) in [5.74, 6) is 0. The van der Waals surface area contributed by atoms with Crippen LogP contribution in [0.25, 0.3) is 0 Å². The Hall–Kier alpha value is -0.810. The SMILES string of the molecule is CC(C)(C)OC(=O)N1CCOCC(C)(C(C)(C)O)C1. The van der Waals surface area contributed by atoms with E-state index in [-0.39, 0.29) is 6.09 Å². The topological polar surface area (TPSA) is 59.0 Å². The number of carbonyl (C=O) groups excluding carboxylic acids is 1. The minimum absolute atomic E-state index is 0.353. The molecule has 1 fully saturated rings. The van der Waals surface area contributed by atoms with Gasteiger partial charge in [-0.05, 0) is 34.6 Å². The predicted molar refractivity (Wildman–Crippen MR) is 73.0 cm³/mol. The maximum Gasteiger partial charge on any atom is 0.410 e. The van der Waals surface area contributed by atoms with Gasteiger partial charge in [0.25, 0.3) is 0 Å². The molecule has 0 aliphatic carbocycles. The number of amides is 1. The highest BCUT2D eigenvalue weighted by atomic mass is 16.6. The second-order valence-electron chi connectivity index (χ2n) is 7.07. The fourth-order valence-corrected chi connectivity index (χ4v) is 1.87. The first kappa shape index (κ1) is 16.2. The molecule has 0 aromatic heterocycles. The van der Waals surface area contributed by atoms with Gasteiger partial charge in [0.1, 0.15) is 5.60 Å². The Kier molecular flexibility index (Phi) is 4.52. The van der Waals surface area contributed by atoms with Gasteiger partial charge in [0.05, 0.1) is 18.8 Å². The van der Waals surface area contributed by atoms with Gasteiger partial charge in [0.2, 0.25) is 0 Å². The van der Waals surface area contributed by atoms with E-state index in [4.69, 9.17) is 9.47 Å². The zero-order chi connectivity index (χ0) is 14.9. The third-order valence-corrected chi connectivity index (χ3v) is 3.59.